The molecule has 5 aromatic rings. The third kappa shape index (κ3) is 3.87. The number of nitrogens with zero attached hydrogens (tertiary/aromatic N) is 4. The second-order valence-corrected chi connectivity index (χ2v) is 7.96. The van der Waals surface area contributed by atoms with Gasteiger partial charge in [-0.3, -0.25) is 9.78 Å². The first-order valence-corrected chi connectivity index (χ1v) is 10.6. The smallest absolute Gasteiger partial charge is 0.299 e. The van der Waals surface area contributed by atoms with Gasteiger partial charge in [0.25, 0.3) is 11.7 Å². The van der Waals surface area contributed by atoms with Crippen molar-refractivity contribution in [3.63, 3.8) is 0 Å². The summed E-state index contributed by atoms with van der Waals surface area (Å²) in [6, 6.07) is 18.7. The highest BCUT2D eigenvalue weighted by Crippen LogP contribution is 2.32. The Morgan fingerprint density at radius 1 is 1.12 bits per heavy atom. The Kier molecular flexibility index (Phi) is 5.40. The number of carbonyl (C=O) groups excluding carboxylic acids is 1. The second-order valence-electron chi connectivity index (χ2n) is 7.52. The summed E-state index contributed by atoms with van der Waals surface area (Å²) < 4.78 is 12.8. The SMILES string of the molecule is COc1ccc2c(c1)c(C(=O)c1nc(-c3ccccn3)no1)c(C)n2Cc1ccc(Cl)cc1. The molecule has 0 saturated heterocycles. The Labute approximate surface area is 194 Å². The van der Waals surface area contributed by atoms with Crippen molar-refractivity contribution in [2.45, 2.75) is 13.5 Å². The summed E-state index contributed by atoms with van der Waals surface area (Å²) in [7, 11) is 1.59. The van der Waals surface area contributed by atoms with Crippen molar-refractivity contribution in [1.29, 1.82) is 0 Å². The number of halogens is 1. The summed E-state index contributed by atoms with van der Waals surface area (Å²) in [4.78, 5) is 22.1. The zero-order valence-electron chi connectivity index (χ0n) is 17.9. The Morgan fingerprint density at radius 2 is 1.94 bits per heavy atom. The van der Waals surface area contributed by atoms with Crippen LogP contribution in [0.25, 0.3) is 22.4 Å². The van der Waals surface area contributed by atoms with E-state index in [-0.39, 0.29) is 17.5 Å². The molecule has 33 heavy (non-hydrogen) atoms. The number of hydrogen-bond donors (Lipinski definition) is 0. The maximum Gasteiger partial charge on any atom is 0.299 e. The van der Waals surface area contributed by atoms with Crippen molar-refractivity contribution in [3.05, 3.63) is 94.6 Å². The number of pyridine rings is 1. The minimum Gasteiger partial charge on any atom is -0.497 e. The number of ketones is 1. The molecule has 3 aromatic heterocycles. The second kappa shape index (κ2) is 8.52. The molecule has 0 fully saturated rings. The molecule has 0 N–H and O–H groups in total. The van der Waals surface area contributed by atoms with Crippen LogP contribution in [0.2, 0.25) is 5.02 Å². The molecule has 8 heteroatoms. The highest BCUT2D eigenvalue weighted by Gasteiger charge is 2.26. The average Bonchev–Trinajstić information content (AvgIpc) is 3.44. The van der Waals surface area contributed by atoms with Gasteiger partial charge in [0.05, 0.1) is 12.7 Å². The van der Waals surface area contributed by atoms with Gasteiger partial charge in [0.1, 0.15) is 11.4 Å². The van der Waals surface area contributed by atoms with Crippen LogP contribution in [-0.4, -0.2) is 32.6 Å². The van der Waals surface area contributed by atoms with Crippen LogP contribution in [0.15, 0.2) is 71.4 Å². The molecular formula is C25H19ClN4O3. The molecule has 2 aromatic carbocycles. The standard InChI is InChI=1S/C25H19ClN4O3/c1-15-22(23(31)25-28-24(29-33-25)20-5-3-4-12-27-20)19-13-18(32-2)10-11-21(19)30(15)14-16-6-8-17(26)9-7-16/h3-13H,14H2,1-2H3. The molecule has 0 radical (unpaired) electrons. The van der Waals surface area contributed by atoms with Gasteiger partial charge >= 0.3 is 0 Å². The summed E-state index contributed by atoms with van der Waals surface area (Å²) in [5.41, 5.74) is 3.77. The lowest BCUT2D eigenvalue weighted by Gasteiger charge is -2.09. The van der Waals surface area contributed by atoms with Crippen molar-refractivity contribution in [1.82, 2.24) is 19.7 Å². The van der Waals surface area contributed by atoms with Gasteiger partial charge in [0.15, 0.2) is 0 Å². The summed E-state index contributed by atoms with van der Waals surface area (Å²) in [5.74, 6) is 0.474. The van der Waals surface area contributed by atoms with E-state index in [1.54, 1.807) is 25.4 Å². The molecule has 5 rings (SSSR count). The Morgan fingerprint density at radius 3 is 2.67 bits per heavy atom. The zero-order valence-corrected chi connectivity index (χ0v) is 18.7. The lowest BCUT2D eigenvalue weighted by atomic mass is 10.1. The summed E-state index contributed by atoms with van der Waals surface area (Å²) >= 11 is 6.04. The number of rotatable bonds is 6. The molecule has 0 spiro atoms. The normalized spacial score (nSPS) is 11.1. The van der Waals surface area contributed by atoms with Gasteiger partial charge < -0.3 is 13.8 Å². The third-order valence-corrected chi connectivity index (χ3v) is 5.78. The van der Waals surface area contributed by atoms with Crippen molar-refractivity contribution >= 4 is 28.3 Å². The van der Waals surface area contributed by atoms with E-state index in [4.69, 9.17) is 20.9 Å². The zero-order chi connectivity index (χ0) is 22.9. The van der Waals surface area contributed by atoms with E-state index < -0.39 is 0 Å². The fourth-order valence-electron chi connectivity index (χ4n) is 3.87. The van der Waals surface area contributed by atoms with E-state index in [0.29, 0.717) is 28.6 Å². The predicted molar refractivity (Wildman–Crippen MR) is 125 cm³/mol. The van der Waals surface area contributed by atoms with Crippen LogP contribution in [-0.2, 0) is 6.54 Å². The van der Waals surface area contributed by atoms with Gasteiger partial charge in [0, 0.05) is 34.4 Å². The van der Waals surface area contributed by atoms with E-state index in [0.717, 1.165) is 22.2 Å². The number of carbonyl (C=O) groups is 1. The molecule has 7 nitrogen and oxygen atoms in total. The number of benzene rings is 2. The molecule has 164 valence electrons. The number of methoxy groups -OCH3 is 1. The first-order valence-electron chi connectivity index (χ1n) is 10.3. The minimum atomic E-state index is -0.352. The maximum absolute atomic E-state index is 13.5. The van der Waals surface area contributed by atoms with E-state index in [2.05, 4.69) is 19.7 Å². The van der Waals surface area contributed by atoms with Crippen LogP contribution in [0.5, 0.6) is 5.75 Å². The lowest BCUT2D eigenvalue weighted by Crippen LogP contribution is -2.06. The van der Waals surface area contributed by atoms with Crippen LogP contribution in [0.4, 0.5) is 0 Å². The van der Waals surface area contributed by atoms with E-state index in [1.807, 2.05) is 55.5 Å². The lowest BCUT2D eigenvalue weighted by molar-refractivity contribution is 0.0994. The molecule has 0 unspecified atom stereocenters. The molecule has 3 heterocycles. The third-order valence-electron chi connectivity index (χ3n) is 5.53. The monoisotopic (exact) mass is 458 g/mol. The molecule has 0 amide bonds. The highest BCUT2D eigenvalue weighted by molar-refractivity contribution is 6.30. The fourth-order valence-corrected chi connectivity index (χ4v) is 4.00. The quantitative estimate of drug-likeness (QED) is 0.319. The molecule has 0 aliphatic carbocycles. The van der Waals surface area contributed by atoms with Crippen LogP contribution < -0.4 is 4.74 Å². The van der Waals surface area contributed by atoms with Crippen molar-refractivity contribution in [2.24, 2.45) is 0 Å². The Balaban J connectivity index is 1.61. The molecule has 0 saturated carbocycles. The number of ether oxygens (including phenoxy) is 1. The van der Waals surface area contributed by atoms with E-state index >= 15 is 0 Å². The van der Waals surface area contributed by atoms with Crippen molar-refractivity contribution in [2.75, 3.05) is 7.11 Å². The minimum absolute atomic E-state index is 0.0906. The van der Waals surface area contributed by atoms with Gasteiger partial charge in [-0.1, -0.05) is 35.0 Å². The topological polar surface area (TPSA) is 83.0 Å². The van der Waals surface area contributed by atoms with Crippen LogP contribution >= 0.6 is 11.6 Å². The summed E-state index contributed by atoms with van der Waals surface area (Å²) in [6.07, 6.45) is 1.63. The maximum atomic E-state index is 13.5. The van der Waals surface area contributed by atoms with Crippen LogP contribution in [0.1, 0.15) is 27.5 Å². The number of fused-ring (bicyclic) bond motifs is 1. The van der Waals surface area contributed by atoms with Crippen molar-refractivity contribution < 1.29 is 14.1 Å². The van der Waals surface area contributed by atoms with Gasteiger partial charge in [-0.2, -0.15) is 4.98 Å². The van der Waals surface area contributed by atoms with Gasteiger partial charge in [-0.05, 0) is 55.0 Å². The van der Waals surface area contributed by atoms with Gasteiger partial charge in [-0.15, -0.1) is 0 Å². The van der Waals surface area contributed by atoms with Crippen molar-refractivity contribution in [3.8, 4) is 17.3 Å². The highest BCUT2D eigenvalue weighted by atomic mass is 35.5. The van der Waals surface area contributed by atoms with Gasteiger partial charge in [-0.25, -0.2) is 0 Å². The fraction of sp³-hybridized carbons (Fsp3) is 0.120. The van der Waals surface area contributed by atoms with Gasteiger partial charge in [0.2, 0.25) is 5.82 Å². The molecule has 0 aliphatic rings. The predicted octanol–water partition coefficient (Wildman–Crippen LogP) is 5.34. The van der Waals surface area contributed by atoms with Crippen LogP contribution in [0.3, 0.4) is 0 Å². The summed E-state index contributed by atoms with van der Waals surface area (Å²) in [5, 5.41) is 5.37. The molecular weight excluding hydrogens is 440 g/mol. The first-order chi connectivity index (χ1) is 16.0. The van der Waals surface area contributed by atoms with E-state index in [9.17, 15) is 4.79 Å². The Hall–Kier alpha value is -3.97. The van der Waals surface area contributed by atoms with E-state index in [1.165, 1.54) is 0 Å². The summed E-state index contributed by atoms with van der Waals surface area (Å²) in [6.45, 7) is 2.48. The first kappa shape index (κ1) is 20.9. The molecule has 0 bridgehead atoms. The van der Waals surface area contributed by atoms with Crippen LogP contribution in [0, 0.1) is 6.92 Å². The largest absolute Gasteiger partial charge is 0.497 e. The Bertz CT molecular complexity index is 1460. The average molecular weight is 459 g/mol. The molecule has 0 atom stereocenters. The molecule has 0 aliphatic heterocycles. The number of aromatic nitrogens is 4. The number of hydrogen-bond acceptors (Lipinski definition) is 6.